The van der Waals surface area contributed by atoms with Crippen molar-refractivity contribution in [1.29, 1.82) is 0 Å². The molecular weight excluding hydrogens is 261 g/mol. The first-order valence-corrected chi connectivity index (χ1v) is 5.88. The van der Waals surface area contributed by atoms with Crippen molar-refractivity contribution in [3.63, 3.8) is 0 Å². The second kappa shape index (κ2) is 5.61. The highest BCUT2D eigenvalue weighted by molar-refractivity contribution is 6.09. The summed E-state index contributed by atoms with van der Waals surface area (Å²) >= 11 is 0. The molecule has 0 atom stereocenters. The summed E-state index contributed by atoms with van der Waals surface area (Å²) in [7, 11) is 2.96. The van der Waals surface area contributed by atoms with E-state index >= 15 is 0 Å². The van der Waals surface area contributed by atoms with Gasteiger partial charge in [-0.2, -0.15) is 0 Å². The molecule has 0 heterocycles. The minimum Gasteiger partial charge on any atom is -0.493 e. The standard InChI is InChI=1S/C15H14FNO3/c1-19-13-6-3-9(7-14(13)20-2)15(18)11-8-10(17)4-5-12(11)16/h3-8H,17H2,1-2H3. The molecule has 0 amide bonds. The molecule has 2 N–H and O–H groups in total. The maximum absolute atomic E-state index is 13.7. The normalized spacial score (nSPS) is 10.2. The Morgan fingerprint density at radius 3 is 2.40 bits per heavy atom. The highest BCUT2D eigenvalue weighted by atomic mass is 19.1. The lowest BCUT2D eigenvalue weighted by Gasteiger charge is -2.09. The highest BCUT2D eigenvalue weighted by Crippen LogP contribution is 2.29. The number of methoxy groups -OCH3 is 2. The maximum atomic E-state index is 13.7. The summed E-state index contributed by atoms with van der Waals surface area (Å²) in [6.45, 7) is 0. The minimum absolute atomic E-state index is 0.0720. The molecule has 104 valence electrons. The topological polar surface area (TPSA) is 61.5 Å². The van der Waals surface area contributed by atoms with Crippen LogP contribution in [0.4, 0.5) is 10.1 Å². The molecule has 5 heteroatoms. The fourth-order valence-corrected chi connectivity index (χ4v) is 1.85. The average molecular weight is 275 g/mol. The van der Waals surface area contributed by atoms with E-state index in [1.165, 1.54) is 38.5 Å². The smallest absolute Gasteiger partial charge is 0.196 e. The summed E-state index contributed by atoms with van der Waals surface area (Å²) in [6, 6.07) is 8.53. The third-order valence-corrected chi connectivity index (χ3v) is 2.88. The van der Waals surface area contributed by atoms with E-state index in [1.807, 2.05) is 0 Å². The van der Waals surface area contributed by atoms with E-state index < -0.39 is 11.6 Å². The SMILES string of the molecule is COc1ccc(C(=O)c2cc(N)ccc2F)cc1OC. The number of halogens is 1. The number of benzene rings is 2. The average Bonchev–Trinajstić information content (AvgIpc) is 2.48. The van der Waals surface area contributed by atoms with E-state index in [1.54, 1.807) is 12.1 Å². The summed E-state index contributed by atoms with van der Waals surface area (Å²) in [5.74, 6) is -0.172. The van der Waals surface area contributed by atoms with Crippen LogP contribution >= 0.6 is 0 Å². The molecule has 20 heavy (non-hydrogen) atoms. The monoisotopic (exact) mass is 275 g/mol. The number of hydrogen-bond donors (Lipinski definition) is 1. The summed E-state index contributed by atoms with van der Waals surface area (Å²) in [4.78, 5) is 12.3. The zero-order chi connectivity index (χ0) is 14.7. The number of anilines is 1. The Bertz CT molecular complexity index is 656. The van der Waals surface area contributed by atoms with Crippen LogP contribution in [0.1, 0.15) is 15.9 Å². The Labute approximate surface area is 115 Å². The Balaban J connectivity index is 2.45. The van der Waals surface area contributed by atoms with Crippen LogP contribution in [-0.2, 0) is 0 Å². The van der Waals surface area contributed by atoms with E-state index in [0.717, 1.165) is 0 Å². The predicted octanol–water partition coefficient (Wildman–Crippen LogP) is 2.66. The van der Waals surface area contributed by atoms with Crippen LogP contribution < -0.4 is 15.2 Å². The van der Waals surface area contributed by atoms with E-state index in [0.29, 0.717) is 22.7 Å². The fourth-order valence-electron chi connectivity index (χ4n) is 1.85. The minimum atomic E-state index is -0.612. The van der Waals surface area contributed by atoms with Gasteiger partial charge in [0.2, 0.25) is 0 Å². The molecule has 0 fully saturated rings. The molecule has 0 aliphatic heterocycles. The van der Waals surface area contributed by atoms with Gasteiger partial charge in [-0.25, -0.2) is 4.39 Å². The van der Waals surface area contributed by atoms with Gasteiger partial charge in [0.15, 0.2) is 17.3 Å². The molecule has 2 aromatic rings. The van der Waals surface area contributed by atoms with E-state index in [-0.39, 0.29) is 5.56 Å². The number of rotatable bonds is 4. The summed E-state index contributed by atoms with van der Waals surface area (Å²) < 4.78 is 23.9. The van der Waals surface area contributed by atoms with Crippen molar-refractivity contribution in [1.82, 2.24) is 0 Å². The molecule has 0 bridgehead atoms. The second-order valence-electron chi connectivity index (χ2n) is 4.14. The van der Waals surface area contributed by atoms with Gasteiger partial charge >= 0.3 is 0 Å². The molecule has 4 nitrogen and oxygen atoms in total. The van der Waals surface area contributed by atoms with E-state index in [2.05, 4.69) is 0 Å². The molecule has 2 rings (SSSR count). The lowest BCUT2D eigenvalue weighted by atomic mass is 10.0. The van der Waals surface area contributed by atoms with Crippen LogP contribution in [0.3, 0.4) is 0 Å². The van der Waals surface area contributed by atoms with Crippen molar-refractivity contribution in [3.8, 4) is 11.5 Å². The summed E-state index contributed by atoms with van der Waals surface area (Å²) in [5.41, 5.74) is 6.14. The molecule has 0 unspecified atom stereocenters. The number of ether oxygens (including phenoxy) is 2. The first kappa shape index (κ1) is 13.9. The number of nitrogen functional groups attached to an aromatic ring is 1. The van der Waals surface area contributed by atoms with Gasteiger partial charge < -0.3 is 15.2 Å². The molecule has 0 radical (unpaired) electrons. The van der Waals surface area contributed by atoms with Crippen LogP contribution in [0.5, 0.6) is 11.5 Å². The second-order valence-corrected chi connectivity index (χ2v) is 4.14. The van der Waals surface area contributed by atoms with Gasteiger partial charge in [-0.05, 0) is 36.4 Å². The molecule has 0 aromatic heterocycles. The Hall–Kier alpha value is -2.56. The Morgan fingerprint density at radius 1 is 1.05 bits per heavy atom. The summed E-state index contributed by atoms with van der Waals surface area (Å²) in [6.07, 6.45) is 0. The first-order valence-electron chi connectivity index (χ1n) is 5.88. The van der Waals surface area contributed by atoms with Gasteiger partial charge in [-0.15, -0.1) is 0 Å². The van der Waals surface area contributed by atoms with Crippen molar-refractivity contribution >= 4 is 11.5 Å². The molecule has 0 saturated heterocycles. The molecule has 0 aliphatic rings. The molecule has 2 aromatic carbocycles. The number of carbonyl (C=O) groups is 1. The highest BCUT2D eigenvalue weighted by Gasteiger charge is 2.16. The van der Waals surface area contributed by atoms with Gasteiger partial charge in [0.05, 0.1) is 19.8 Å². The van der Waals surface area contributed by atoms with Crippen LogP contribution in [0.2, 0.25) is 0 Å². The van der Waals surface area contributed by atoms with E-state index in [9.17, 15) is 9.18 Å². The van der Waals surface area contributed by atoms with Crippen LogP contribution in [0.25, 0.3) is 0 Å². The van der Waals surface area contributed by atoms with Crippen molar-refractivity contribution in [2.75, 3.05) is 20.0 Å². The van der Waals surface area contributed by atoms with Crippen molar-refractivity contribution in [3.05, 3.63) is 53.3 Å². The Kier molecular flexibility index (Phi) is 3.89. The van der Waals surface area contributed by atoms with Crippen LogP contribution in [0, 0.1) is 5.82 Å². The van der Waals surface area contributed by atoms with Gasteiger partial charge in [-0.1, -0.05) is 0 Å². The van der Waals surface area contributed by atoms with Gasteiger partial charge in [0.25, 0.3) is 0 Å². The number of carbonyl (C=O) groups excluding carboxylic acids is 1. The third kappa shape index (κ3) is 2.56. The van der Waals surface area contributed by atoms with E-state index in [4.69, 9.17) is 15.2 Å². The van der Waals surface area contributed by atoms with Gasteiger partial charge in [0.1, 0.15) is 5.82 Å². The lowest BCUT2D eigenvalue weighted by molar-refractivity contribution is 0.103. The largest absolute Gasteiger partial charge is 0.493 e. The zero-order valence-electron chi connectivity index (χ0n) is 11.1. The molecule has 0 spiro atoms. The molecule has 0 saturated carbocycles. The number of nitrogens with two attached hydrogens (primary N) is 1. The number of ketones is 1. The first-order chi connectivity index (χ1) is 9.56. The molecule has 0 aliphatic carbocycles. The maximum Gasteiger partial charge on any atom is 0.196 e. The summed E-state index contributed by atoms with van der Waals surface area (Å²) in [5, 5.41) is 0. The van der Waals surface area contributed by atoms with Crippen molar-refractivity contribution < 1.29 is 18.7 Å². The zero-order valence-corrected chi connectivity index (χ0v) is 11.1. The Morgan fingerprint density at radius 2 is 1.75 bits per heavy atom. The third-order valence-electron chi connectivity index (χ3n) is 2.88. The van der Waals surface area contributed by atoms with Crippen molar-refractivity contribution in [2.24, 2.45) is 0 Å². The van der Waals surface area contributed by atoms with Gasteiger partial charge in [0, 0.05) is 11.3 Å². The quantitative estimate of drug-likeness (QED) is 0.688. The molecular formula is C15H14FNO3. The van der Waals surface area contributed by atoms with Crippen LogP contribution in [-0.4, -0.2) is 20.0 Å². The fraction of sp³-hybridized carbons (Fsp3) is 0.133. The van der Waals surface area contributed by atoms with Crippen molar-refractivity contribution in [2.45, 2.75) is 0 Å². The predicted molar refractivity (Wildman–Crippen MR) is 73.8 cm³/mol. The van der Waals surface area contributed by atoms with Gasteiger partial charge in [-0.3, -0.25) is 4.79 Å². The lowest BCUT2D eigenvalue weighted by Crippen LogP contribution is -2.06. The van der Waals surface area contributed by atoms with Crippen LogP contribution in [0.15, 0.2) is 36.4 Å². The number of hydrogen-bond acceptors (Lipinski definition) is 4.